The molecule has 1 atom stereocenters. The second-order valence-corrected chi connectivity index (χ2v) is 8.47. The quantitative estimate of drug-likeness (QED) is 0.620. The molecule has 1 aliphatic heterocycles. The van der Waals surface area contributed by atoms with Crippen LogP contribution in [0.4, 0.5) is 20.6 Å². The third-order valence-electron chi connectivity index (χ3n) is 5.12. The number of carbonyl (C=O) groups is 2. The number of anilines is 2. The number of carbonyl (C=O) groups excluding carboxylic acids is 2. The third-order valence-corrected chi connectivity index (χ3v) is 6.20. The summed E-state index contributed by atoms with van der Waals surface area (Å²) in [6.07, 6.45) is 1.64. The van der Waals surface area contributed by atoms with Crippen molar-refractivity contribution in [3.63, 3.8) is 0 Å². The van der Waals surface area contributed by atoms with Crippen LogP contribution in [-0.4, -0.2) is 40.1 Å². The van der Waals surface area contributed by atoms with E-state index in [1.54, 1.807) is 17.0 Å². The maximum absolute atomic E-state index is 13.8. The summed E-state index contributed by atoms with van der Waals surface area (Å²) in [6, 6.07) is 13.2. The number of likely N-dealkylation sites (tertiary alicyclic amines) is 1. The fourth-order valence-electron chi connectivity index (χ4n) is 3.43. The van der Waals surface area contributed by atoms with Gasteiger partial charge >= 0.3 is 6.03 Å². The summed E-state index contributed by atoms with van der Waals surface area (Å²) in [5.41, 5.74) is 1.96. The Morgan fingerprint density at radius 1 is 1.10 bits per heavy atom. The van der Waals surface area contributed by atoms with Crippen molar-refractivity contribution in [2.75, 3.05) is 23.7 Å². The third kappa shape index (κ3) is 5.05. The van der Waals surface area contributed by atoms with E-state index >= 15 is 0 Å². The largest absolute Gasteiger partial charge is 0.324 e. The number of urea groups is 1. The average Bonchev–Trinajstić information content (AvgIpc) is 3.28. The Labute approximate surface area is 183 Å². The van der Waals surface area contributed by atoms with Crippen molar-refractivity contribution < 1.29 is 14.0 Å². The monoisotopic (exact) mass is 439 g/mol. The summed E-state index contributed by atoms with van der Waals surface area (Å²) >= 11 is 1.24. The zero-order valence-corrected chi connectivity index (χ0v) is 17.8. The van der Waals surface area contributed by atoms with E-state index in [4.69, 9.17) is 0 Å². The predicted molar refractivity (Wildman–Crippen MR) is 118 cm³/mol. The van der Waals surface area contributed by atoms with Crippen LogP contribution in [0.25, 0.3) is 0 Å². The molecule has 0 radical (unpaired) electrons. The lowest BCUT2D eigenvalue weighted by Crippen LogP contribution is -2.41. The molecule has 3 amide bonds. The van der Waals surface area contributed by atoms with E-state index in [2.05, 4.69) is 20.8 Å². The van der Waals surface area contributed by atoms with Gasteiger partial charge in [0, 0.05) is 24.7 Å². The first-order chi connectivity index (χ1) is 15.0. The van der Waals surface area contributed by atoms with Crippen molar-refractivity contribution in [1.29, 1.82) is 0 Å². The summed E-state index contributed by atoms with van der Waals surface area (Å²) in [5.74, 6) is -0.797. The summed E-state index contributed by atoms with van der Waals surface area (Å²) < 4.78 is 13.8. The molecule has 0 unspecified atom stereocenters. The van der Waals surface area contributed by atoms with Crippen molar-refractivity contribution in [3.8, 4) is 0 Å². The van der Waals surface area contributed by atoms with E-state index in [-0.39, 0.29) is 28.6 Å². The average molecular weight is 440 g/mol. The molecule has 9 heteroatoms. The smallest absolute Gasteiger partial charge is 0.321 e. The molecule has 0 bridgehead atoms. The molecule has 3 aromatic rings. The molecular weight excluding hydrogens is 417 g/mol. The van der Waals surface area contributed by atoms with Crippen molar-refractivity contribution in [1.82, 2.24) is 15.1 Å². The topological polar surface area (TPSA) is 87.2 Å². The fraction of sp³-hybridized carbons (Fsp3) is 0.273. The highest BCUT2D eigenvalue weighted by molar-refractivity contribution is 7.13. The van der Waals surface area contributed by atoms with Crippen LogP contribution in [0.15, 0.2) is 48.5 Å². The number of nitrogens with one attached hydrogen (secondary N) is 2. The van der Waals surface area contributed by atoms with Crippen molar-refractivity contribution >= 4 is 34.6 Å². The number of aryl methyl sites for hydroxylation is 1. The van der Waals surface area contributed by atoms with Gasteiger partial charge in [0.2, 0.25) is 5.01 Å². The number of hydrogen-bond donors (Lipinski definition) is 2. The highest BCUT2D eigenvalue weighted by Gasteiger charge is 2.28. The van der Waals surface area contributed by atoms with Gasteiger partial charge in [-0.1, -0.05) is 41.2 Å². The van der Waals surface area contributed by atoms with Gasteiger partial charge in [0.1, 0.15) is 10.8 Å². The first-order valence-corrected chi connectivity index (χ1v) is 10.8. The Hall–Kier alpha value is -3.33. The number of piperidine rings is 1. The highest BCUT2D eigenvalue weighted by Crippen LogP contribution is 2.30. The van der Waals surface area contributed by atoms with Gasteiger partial charge in [0.05, 0.1) is 5.69 Å². The maximum atomic E-state index is 13.8. The Morgan fingerprint density at radius 2 is 1.87 bits per heavy atom. The normalized spacial score (nSPS) is 16.1. The summed E-state index contributed by atoms with van der Waals surface area (Å²) in [7, 11) is 0. The first-order valence-electron chi connectivity index (χ1n) is 10.0. The summed E-state index contributed by atoms with van der Waals surface area (Å²) in [6.45, 7) is 3.00. The molecule has 2 aromatic carbocycles. The first kappa shape index (κ1) is 20.9. The Morgan fingerprint density at radius 3 is 2.65 bits per heavy atom. The standard InChI is InChI=1S/C22H22FN5O2S/c1-14-8-10-16(11-9-14)24-19(29)21-27-26-20(31-21)15-5-4-12-28(13-15)22(30)25-18-7-3-2-6-17(18)23/h2-3,6-11,15H,4-5,12-13H2,1H3,(H,24,29)(H,25,30)/t15-/m0/s1. The van der Waals surface area contributed by atoms with E-state index in [9.17, 15) is 14.0 Å². The number of amides is 3. The zero-order valence-electron chi connectivity index (χ0n) is 17.0. The van der Waals surface area contributed by atoms with Crippen LogP contribution >= 0.6 is 11.3 Å². The van der Waals surface area contributed by atoms with Crippen molar-refractivity contribution in [2.45, 2.75) is 25.7 Å². The minimum atomic E-state index is -0.474. The van der Waals surface area contributed by atoms with E-state index in [0.717, 1.165) is 23.4 Å². The molecule has 0 aliphatic carbocycles. The number of rotatable bonds is 4. The van der Waals surface area contributed by atoms with Gasteiger partial charge in [-0.15, -0.1) is 10.2 Å². The van der Waals surface area contributed by atoms with Crippen LogP contribution < -0.4 is 10.6 Å². The van der Waals surface area contributed by atoms with E-state index in [1.807, 2.05) is 31.2 Å². The van der Waals surface area contributed by atoms with Gasteiger partial charge in [-0.25, -0.2) is 9.18 Å². The SMILES string of the molecule is Cc1ccc(NC(=O)c2nnc([C@H]3CCCN(C(=O)Nc4ccccc4F)C3)s2)cc1. The van der Waals surface area contributed by atoms with Crippen LogP contribution in [-0.2, 0) is 0 Å². The molecular formula is C22H22FN5O2S. The molecule has 0 spiro atoms. The van der Waals surface area contributed by atoms with Crippen LogP contribution in [0.5, 0.6) is 0 Å². The van der Waals surface area contributed by atoms with Crippen LogP contribution in [0, 0.1) is 12.7 Å². The molecule has 4 rings (SSSR count). The summed E-state index contributed by atoms with van der Waals surface area (Å²) in [4.78, 5) is 26.7. The van der Waals surface area contributed by atoms with Crippen LogP contribution in [0.2, 0.25) is 0 Å². The Balaban J connectivity index is 1.39. The lowest BCUT2D eigenvalue weighted by atomic mass is 9.99. The number of aromatic nitrogens is 2. The molecule has 1 aliphatic rings. The van der Waals surface area contributed by atoms with Gasteiger partial charge < -0.3 is 15.5 Å². The molecule has 1 aromatic heterocycles. The van der Waals surface area contributed by atoms with Gasteiger partial charge in [0.25, 0.3) is 5.91 Å². The van der Waals surface area contributed by atoms with E-state index in [1.165, 1.54) is 23.5 Å². The molecule has 2 N–H and O–H groups in total. The van der Waals surface area contributed by atoms with E-state index in [0.29, 0.717) is 18.8 Å². The molecule has 31 heavy (non-hydrogen) atoms. The molecule has 7 nitrogen and oxygen atoms in total. The zero-order chi connectivity index (χ0) is 21.8. The minimum absolute atomic E-state index is 0.0152. The highest BCUT2D eigenvalue weighted by atomic mass is 32.1. The Bertz CT molecular complexity index is 1090. The summed E-state index contributed by atoms with van der Waals surface area (Å²) in [5, 5.41) is 14.7. The number of halogens is 1. The van der Waals surface area contributed by atoms with Crippen molar-refractivity contribution in [3.05, 3.63) is 69.9 Å². The Kier molecular flexibility index (Phi) is 6.22. The number of nitrogens with zero attached hydrogens (tertiary/aromatic N) is 3. The lowest BCUT2D eigenvalue weighted by molar-refractivity contribution is 0.102. The van der Waals surface area contributed by atoms with Gasteiger partial charge in [-0.05, 0) is 44.0 Å². The molecule has 0 saturated carbocycles. The number of benzene rings is 2. The van der Waals surface area contributed by atoms with Gasteiger partial charge in [0.15, 0.2) is 0 Å². The van der Waals surface area contributed by atoms with Gasteiger partial charge in [-0.3, -0.25) is 4.79 Å². The molecule has 1 fully saturated rings. The van der Waals surface area contributed by atoms with Crippen molar-refractivity contribution in [2.24, 2.45) is 0 Å². The van der Waals surface area contributed by atoms with E-state index < -0.39 is 5.82 Å². The maximum Gasteiger partial charge on any atom is 0.321 e. The van der Waals surface area contributed by atoms with Crippen LogP contribution in [0.1, 0.15) is 39.1 Å². The minimum Gasteiger partial charge on any atom is -0.324 e. The predicted octanol–water partition coefficient (Wildman–Crippen LogP) is 4.65. The molecule has 2 heterocycles. The number of hydrogen-bond acceptors (Lipinski definition) is 5. The van der Waals surface area contributed by atoms with Crippen LogP contribution in [0.3, 0.4) is 0 Å². The fourth-order valence-corrected chi connectivity index (χ4v) is 4.30. The second-order valence-electron chi connectivity index (χ2n) is 7.46. The molecule has 160 valence electrons. The second kappa shape index (κ2) is 9.22. The lowest BCUT2D eigenvalue weighted by Gasteiger charge is -2.31. The van der Waals surface area contributed by atoms with Gasteiger partial charge in [-0.2, -0.15) is 0 Å². The number of para-hydroxylation sites is 1. The molecule has 1 saturated heterocycles.